The number of carboxylic acids is 1. The maximum absolute atomic E-state index is 12.6. The molecule has 0 radical (unpaired) electrons. The molecular weight excluding hydrogens is 328 g/mol. The molecule has 2 N–H and O–H groups in total. The molecule has 2 aromatic rings. The quantitative estimate of drug-likeness (QED) is 0.751. The summed E-state index contributed by atoms with van der Waals surface area (Å²) in [6.07, 6.45) is 0. The van der Waals surface area contributed by atoms with Crippen LogP contribution in [-0.4, -0.2) is 31.6 Å². The van der Waals surface area contributed by atoms with Crippen LogP contribution in [-0.2, 0) is 21.7 Å². The van der Waals surface area contributed by atoms with Crippen LogP contribution in [0.2, 0.25) is 0 Å². The number of benzene rings is 2. The number of aromatic hydroxyl groups is 1. The van der Waals surface area contributed by atoms with E-state index >= 15 is 0 Å². The molecule has 128 valence electrons. The van der Waals surface area contributed by atoms with Crippen molar-refractivity contribution in [3.05, 3.63) is 60.2 Å². The van der Waals surface area contributed by atoms with Gasteiger partial charge in [0.1, 0.15) is 17.3 Å². The first-order valence-electron chi connectivity index (χ1n) is 7.45. The SMILES string of the molecule is CC([S+]([O-])Cc1ccccc1)C(C)(Oc1ccc(O)cc1)C(=O)O. The number of ether oxygens (including phenoxy) is 1. The fraction of sp³-hybridized carbons (Fsp3) is 0.278. The number of hydrogen-bond donors (Lipinski definition) is 2. The Morgan fingerprint density at radius 3 is 2.33 bits per heavy atom. The highest BCUT2D eigenvalue weighted by Gasteiger charge is 2.48. The van der Waals surface area contributed by atoms with Gasteiger partial charge in [-0.25, -0.2) is 4.79 Å². The van der Waals surface area contributed by atoms with Crippen molar-refractivity contribution in [2.24, 2.45) is 0 Å². The third-order valence-corrected chi connectivity index (χ3v) is 5.77. The first-order chi connectivity index (χ1) is 11.3. The van der Waals surface area contributed by atoms with Gasteiger partial charge in [-0.2, -0.15) is 0 Å². The number of aliphatic carboxylic acids is 1. The molecule has 3 atom stereocenters. The normalized spacial score (nSPS) is 16.0. The van der Waals surface area contributed by atoms with Crippen molar-refractivity contribution in [3.8, 4) is 11.5 Å². The van der Waals surface area contributed by atoms with Crippen LogP contribution in [0.4, 0.5) is 0 Å². The Hall–Kier alpha value is -2.18. The van der Waals surface area contributed by atoms with E-state index < -0.39 is 28.0 Å². The third-order valence-electron chi connectivity index (χ3n) is 3.91. The molecule has 0 fully saturated rings. The molecule has 0 aliphatic carbocycles. The number of phenols is 1. The molecule has 0 saturated carbocycles. The van der Waals surface area contributed by atoms with Gasteiger partial charge >= 0.3 is 5.97 Å². The molecule has 0 heterocycles. The van der Waals surface area contributed by atoms with E-state index in [1.807, 2.05) is 30.3 Å². The van der Waals surface area contributed by atoms with Crippen LogP contribution in [0, 0.1) is 0 Å². The van der Waals surface area contributed by atoms with Crippen LogP contribution >= 0.6 is 0 Å². The summed E-state index contributed by atoms with van der Waals surface area (Å²) in [6.45, 7) is 3.02. The van der Waals surface area contributed by atoms with Crippen molar-refractivity contribution >= 4 is 17.1 Å². The molecule has 0 saturated heterocycles. The molecule has 3 unspecified atom stereocenters. The Labute approximate surface area is 144 Å². The number of rotatable bonds is 7. The van der Waals surface area contributed by atoms with Crippen LogP contribution in [0.25, 0.3) is 0 Å². The van der Waals surface area contributed by atoms with Crippen molar-refractivity contribution < 1.29 is 24.3 Å². The maximum atomic E-state index is 12.6. The summed E-state index contributed by atoms with van der Waals surface area (Å²) >= 11 is -1.44. The highest BCUT2D eigenvalue weighted by atomic mass is 32.2. The van der Waals surface area contributed by atoms with Gasteiger partial charge in [0.2, 0.25) is 5.60 Å². The van der Waals surface area contributed by atoms with Crippen molar-refractivity contribution in [1.82, 2.24) is 0 Å². The minimum atomic E-state index is -1.66. The van der Waals surface area contributed by atoms with E-state index in [0.717, 1.165) is 5.56 Å². The highest BCUT2D eigenvalue weighted by Crippen LogP contribution is 2.28. The summed E-state index contributed by atoms with van der Waals surface area (Å²) in [5, 5.41) is 18.2. The lowest BCUT2D eigenvalue weighted by molar-refractivity contribution is -0.153. The Kier molecular flexibility index (Phi) is 5.75. The lowest BCUT2D eigenvalue weighted by atomic mass is 10.0. The van der Waals surface area contributed by atoms with Gasteiger partial charge in [0.15, 0.2) is 5.25 Å². The number of phenolic OH excluding ortho intramolecular Hbond substituents is 1. The van der Waals surface area contributed by atoms with Crippen LogP contribution in [0.15, 0.2) is 54.6 Å². The van der Waals surface area contributed by atoms with E-state index in [2.05, 4.69) is 0 Å². The highest BCUT2D eigenvalue weighted by molar-refractivity contribution is 7.91. The summed E-state index contributed by atoms with van der Waals surface area (Å²) in [7, 11) is 0. The van der Waals surface area contributed by atoms with Crippen LogP contribution in [0.5, 0.6) is 11.5 Å². The average molecular weight is 348 g/mol. The summed E-state index contributed by atoms with van der Waals surface area (Å²) in [5.41, 5.74) is -0.781. The Balaban J connectivity index is 2.18. The lowest BCUT2D eigenvalue weighted by Crippen LogP contribution is -2.54. The molecule has 0 bridgehead atoms. The van der Waals surface area contributed by atoms with Crippen LogP contribution in [0.3, 0.4) is 0 Å². The van der Waals surface area contributed by atoms with E-state index in [-0.39, 0.29) is 11.5 Å². The molecule has 2 aromatic carbocycles. The summed E-state index contributed by atoms with van der Waals surface area (Å²) < 4.78 is 18.3. The van der Waals surface area contributed by atoms with Gasteiger partial charge in [-0.05, 0) is 49.3 Å². The Morgan fingerprint density at radius 1 is 1.21 bits per heavy atom. The second kappa shape index (κ2) is 7.59. The van der Waals surface area contributed by atoms with E-state index in [0.29, 0.717) is 5.75 Å². The molecule has 5 nitrogen and oxygen atoms in total. The minimum Gasteiger partial charge on any atom is -0.616 e. The van der Waals surface area contributed by atoms with Gasteiger partial charge < -0.3 is 19.5 Å². The van der Waals surface area contributed by atoms with Gasteiger partial charge in [0.05, 0.1) is 0 Å². The lowest BCUT2D eigenvalue weighted by Gasteiger charge is -2.33. The van der Waals surface area contributed by atoms with E-state index in [4.69, 9.17) is 4.74 Å². The standard InChI is InChI=1S/C18H20O5S/c1-13(24(22)12-14-6-4-3-5-7-14)18(2,17(20)21)23-16-10-8-15(19)9-11-16/h3-11,13,19H,12H2,1-2H3,(H,20,21). The van der Waals surface area contributed by atoms with Crippen molar-refractivity contribution in [2.45, 2.75) is 30.5 Å². The zero-order chi connectivity index (χ0) is 17.7. The molecule has 0 aliphatic heterocycles. The molecule has 0 aromatic heterocycles. The predicted molar refractivity (Wildman–Crippen MR) is 92.5 cm³/mol. The molecular formula is C18H20O5S. The maximum Gasteiger partial charge on any atom is 0.353 e. The Morgan fingerprint density at radius 2 is 1.79 bits per heavy atom. The van der Waals surface area contributed by atoms with Crippen molar-refractivity contribution in [3.63, 3.8) is 0 Å². The number of carboxylic acid groups (broad SMARTS) is 1. The van der Waals surface area contributed by atoms with Crippen LogP contribution < -0.4 is 4.74 Å². The number of carbonyl (C=O) groups is 1. The van der Waals surface area contributed by atoms with Crippen molar-refractivity contribution in [2.75, 3.05) is 0 Å². The van der Waals surface area contributed by atoms with Gasteiger partial charge in [-0.15, -0.1) is 0 Å². The van der Waals surface area contributed by atoms with E-state index in [9.17, 15) is 19.6 Å². The molecule has 0 amide bonds. The molecule has 2 rings (SSSR count). The average Bonchev–Trinajstić information content (AvgIpc) is 2.57. The smallest absolute Gasteiger partial charge is 0.353 e. The third kappa shape index (κ3) is 4.21. The van der Waals surface area contributed by atoms with Gasteiger partial charge in [-0.1, -0.05) is 30.3 Å². The number of hydrogen-bond acceptors (Lipinski definition) is 4. The van der Waals surface area contributed by atoms with Crippen LogP contribution in [0.1, 0.15) is 19.4 Å². The topological polar surface area (TPSA) is 89.8 Å². The monoisotopic (exact) mass is 348 g/mol. The molecule has 6 heteroatoms. The minimum absolute atomic E-state index is 0.0556. The predicted octanol–water partition coefficient (Wildman–Crippen LogP) is 2.95. The zero-order valence-corrected chi connectivity index (χ0v) is 14.3. The second-order valence-corrected chi connectivity index (χ2v) is 7.42. The fourth-order valence-electron chi connectivity index (χ4n) is 2.17. The summed E-state index contributed by atoms with van der Waals surface area (Å²) in [5.74, 6) is -0.588. The second-order valence-electron chi connectivity index (χ2n) is 5.66. The van der Waals surface area contributed by atoms with Gasteiger partial charge in [0.25, 0.3) is 0 Å². The van der Waals surface area contributed by atoms with E-state index in [1.54, 1.807) is 6.92 Å². The molecule has 0 spiro atoms. The first-order valence-corrected chi connectivity index (χ1v) is 8.83. The zero-order valence-electron chi connectivity index (χ0n) is 13.5. The Bertz CT molecular complexity index is 674. The molecule has 24 heavy (non-hydrogen) atoms. The van der Waals surface area contributed by atoms with E-state index in [1.165, 1.54) is 31.2 Å². The fourth-order valence-corrected chi connectivity index (χ4v) is 3.60. The summed E-state index contributed by atoms with van der Waals surface area (Å²) in [6, 6.07) is 15.0. The largest absolute Gasteiger partial charge is 0.616 e. The van der Waals surface area contributed by atoms with Crippen molar-refractivity contribution in [1.29, 1.82) is 0 Å². The molecule has 0 aliphatic rings. The summed E-state index contributed by atoms with van der Waals surface area (Å²) in [4.78, 5) is 11.8. The first kappa shape index (κ1) is 18.2. The van der Waals surface area contributed by atoms with Gasteiger partial charge in [-0.3, -0.25) is 0 Å². The van der Waals surface area contributed by atoms with Gasteiger partial charge in [0, 0.05) is 5.56 Å².